The van der Waals surface area contributed by atoms with Crippen molar-refractivity contribution in [1.29, 1.82) is 0 Å². The molecule has 1 nitrogen and oxygen atoms in total. The molecule has 0 rings (SSSR count). The lowest BCUT2D eigenvalue weighted by Crippen LogP contribution is -2.20. The quantitative estimate of drug-likeness (QED) is 0.107. The molecule has 0 unspecified atom stereocenters. The van der Waals surface area contributed by atoms with Crippen LogP contribution in [0.3, 0.4) is 0 Å². The van der Waals surface area contributed by atoms with Crippen molar-refractivity contribution in [3.05, 3.63) is 0 Å². The van der Waals surface area contributed by atoms with Crippen LogP contribution in [-0.4, -0.2) is 25.0 Å². The van der Waals surface area contributed by atoms with E-state index in [1.165, 1.54) is 180 Å². The summed E-state index contributed by atoms with van der Waals surface area (Å²) in [6.07, 6.45) is 37.9. The van der Waals surface area contributed by atoms with Gasteiger partial charge in [-0.1, -0.05) is 168 Å². The van der Waals surface area contributed by atoms with E-state index in [4.69, 9.17) is 0 Å². The van der Waals surface area contributed by atoms with E-state index in [0.29, 0.717) is 0 Å². The van der Waals surface area contributed by atoms with Crippen LogP contribution < -0.4 is 0 Å². The van der Waals surface area contributed by atoms with Gasteiger partial charge in [0.15, 0.2) is 0 Å². The summed E-state index contributed by atoms with van der Waals surface area (Å²) in [6, 6.07) is 0. The average Bonchev–Trinajstić information content (AvgIpc) is 2.80. The Morgan fingerprint density at radius 3 is 0.688 bits per heavy atom. The first-order chi connectivity index (χ1) is 15.8. The standard InChI is InChI=1S/C31H65N/c1-4-6-8-10-12-13-14-15-16-17-18-19-20-21-22-23-24-25-27-29-31-32(3)30-28-26-11-9-7-5-2/h4-31H2,1-3H3. The number of unbranched alkanes of at least 4 members (excludes halogenated alkanes) is 24. The Morgan fingerprint density at radius 1 is 0.281 bits per heavy atom. The lowest BCUT2D eigenvalue weighted by molar-refractivity contribution is 0.314. The van der Waals surface area contributed by atoms with Gasteiger partial charge < -0.3 is 4.90 Å². The lowest BCUT2D eigenvalue weighted by Gasteiger charge is -2.16. The highest BCUT2D eigenvalue weighted by Crippen LogP contribution is 2.15. The van der Waals surface area contributed by atoms with E-state index < -0.39 is 0 Å². The predicted molar refractivity (Wildman–Crippen MR) is 149 cm³/mol. The summed E-state index contributed by atoms with van der Waals surface area (Å²) in [5, 5.41) is 0. The smallest absolute Gasteiger partial charge is 0.00218 e. The monoisotopic (exact) mass is 452 g/mol. The van der Waals surface area contributed by atoms with Crippen LogP contribution in [0.2, 0.25) is 0 Å². The normalized spacial score (nSPS) is 11.6. The van der Waals surface area contributed by atoms with Crippen molar-refractivity contribution >= 4 is 0 Å². The van der Waals surface area contributed by atoms with Gasteiger partial charge in [0, 0.05) is 0 Å². The van der Waals surface area contributed by atoms with E-state index in [-0.39, 0.29) is 0 Å². The van der Waals surface area contributed by atoms with Crippen LogP contribution >= 0.6 is 0 Å². The van der Waals surface area contributed by atoms with Crippen molar-refractivity contribution in [3.8, 4) is 0 Å². The summed E-state index contributed by atoms with van der Waals surface area (Å²) in [4.78, 5) is 2.56. The number of hydrogen-bond acceptors (Lipinski definition) is 1. The summed E-state index contributed by atoms with van der Waals surface area (Å²) >= 11 is 0. The highest BCUT2D eigenvalue weighted by atomic mass is 15.1. The van der Waals surface area contributed by atoms with E-state index in [1.54, 1.807) is 0 Å². The third kappa shape index (κ3) is 28.0. The molecule has 194 valence electrons. The Hall–Kier alpha value is -0.0400. The topological polar surface area (TPSA) is 3.24 Å². The second-order valence-corrected chi connectivity index (χ2v) is 10.8. The van der Waals surface area contributed by atoms with Gasteiger partial charge in [-0.3, -0.25) is 0 Å². The van der Waals surface area contributed by atoms with Crippen molar-refractivity contribution in [2.24, 2.45) is 0 Å². The zero-order valence-electron chi connectivity index (χ0n) is 23.2. The Morgan fingerprint density at radius 2 is 0.469 bits per heavy atom. The molecule has 0 radical (unpaired) electrons. The molecular weight excluding hydrogens is 386 g/mol. The molecule has 0 aliphatic carbocycles. The fourth-order valence-corrected chi connectivity index (χ4v) is 4.91. The summed E-state index contributed by atoms with van der Waals surface area (Å²) < 4.78 is 0. The first kappa shape index (κ1) is 32.0. The zero-order valence-corrected chi connectivity index (χ0v) is 23.2. The Balaban J connectivity index is 3.09. The van der Waals surface area contributed by atoms with Crippen molar-refractivity contribution in [2.75, 3.05) is 20.1 Å². The summed E-state index contributed by atoms with van der Waals surface area (Å²) in [6.45, 7) is 7.23. The maximum Gasteiger partial charge on any atom is -0.00218 e. The molecule has 0 bridgehead atoms. The molecule has 0 aromatic carbocycles. The number of hydrogen-bond donors (Lipinski definition) is 0. The van der Waals surface area contributed by atoms with Crippen LogP contribution in [0.15, 0.2) is 0 Å². The minimum atomic E-state index is 1.31. The predicted octanol–water partition coefficient (Wildman–Crippen LogP) is 11.1. The van der Waals surface area contributed by atoms with E-state index in [1.807, 2.05) is 0 Å². The molecule has 0 saturated heterocycles. The van der Waals surface area contributed by atoms with Gasteiger partial charge in [-0.25, -0.2) is 0 Å². The minimum Gasteiger partial charge on any atom is -0.306 e. The third-order valence-corrected chi connectivity index (χ3v) is 7.29. The van der Waals surface area contributed by atoms with Gasteiger partial charge in [0.05, 0.1) is 0 Å². The van der Waals surface area contributed by atoms with Crippen LogP contribution in [0, 0.1) is 0 Å². The van der Waals surface area contributed by atoms with Gasteiger partial charge in [-0.15, -0.1) is 0 Å². The van der Waals surface area contributed by atoms with Gasteiger partial charge in [0.1, 0.15) is 0 Å². The van der Waals surface area contributed by atoms with E-state index in [0.717, 1.165) is 0 Å². The van der Waals surface area contributed by atoms with Gasteiger partial charge in [-0.05, 0) is 33.0 Å². The highest BCUT2D eigenvalue weighted by Gasteiger charge is 1.99. The molecule has 0 aromatic heterocycles. The molecule has 0 spiro atoms. The van der Waals surface area contributed by atoms with Gasteiger partial charge in [-0.2, -0.15) is 0 Å². The third-order valence-electron chi connectivity index (χ3n) is 7.29. The van der Waals surface area contributed by atoms with Gasteiger partial charge >= 0.3 is 0 Å². The number of rotatable bonds is 28. The summed E-state index contributed by atoms with van der Waals surface area (Å²) in [5.41, 5.74) is 0. The Bertz CT molecular complexity index is 314. The molecule has 0 amide bonds. The van der Waals surface area contributed by atoms with Crippen molar-refractivity contribution in [1.82, 2.24) is 4.90 Å². The van der Waals surface area contributed by atoms with Crippen molar-refractivity contribution in [3.63, 3.8) is 0 Å². The molecule has 0 aliphatic rings. The second kappa shape index (κ2) is 29.0. The maximum atomic E-state index is 2.56. The van der Waals surface area contributed by atoms with Crippen molar-refractivity contribution < 1.29 is 0 Å². The average molecular weight is 452 g/mol. The Labute approximate surface area is 205 Å². The largest absolute Gasteiger partial charge is 0.306 e. The van der Waals surface area contributed by atoms with E-state index in [2.05, 4.69) is 25.8 Å². The molecule has 32 heavy (non-hydrogen) atoms. The van der Waals surface area contributed by atoms with Crippen LogP contribution in [0.4, 0.5) is 0 Å². The minimum absolute atomic E-state index is 1.31. The van der Waals surface area contributed by atoms with Crippen LogP contribution in [0.5, 0.6) is 0 Å². The maximum absolute atomic E-state index is 2.56. The zero-order chi connectivity index (χ0) is 23.4. The molecule has 0 aliphatic heterocycles. The fourth-order valence-electron chi connectivity index (χ4n) is 4.91. The first-order valence-electron chi connectivity index (χ1n) is 15.5. The molecule has 0 N–H and O–H groups in total. The molecule has 0 atom stereocenters. The lowest BCUT2D eigenvalue weighted by atomic mass is 10.0. The highest BCUT2D eigenvalue weighted by molar-refractivity contribution is 4.55. The molecule has 1 heteroatoms. The van der Waals surface area contributed by atoms with Crippen LogP contribution in [0.25, 0.3) is 0 Å². The molecule has 0 heterocycles. The SMILES string of the molecule is CCCCCCCCCCCCCCCCCCCCCCN(C)CCCCCCCC. The van der Waals surface area contributed by atoms with Crippen LogP contribution in [-0.2, 0) is 0 Å². The van der Waals surface area contributed by atoms with E-state index in [9.17, 15) is 0 Å². The fraction of sp³-hybridized carbons (Fsp3) is 1.00. The Kier molecular flexibility index (Phi) is 29.0. The second-order valence-electron chi connectivity index (χ2n) is 10.8. The van der Waals surface area contributed by atoms with Gasteiger partial charge in [0.25, 0.3) is 0 Å². The van der Waals surface area contributed by atoms with E-state index >= 15 is 0 Å². The van der Waals surface area contributed by atoms with Crippen molar-refractivity contribution in [2.45, 2.75) is 181 Å². The molecule has 0 fully saturated rings. The number of nitrogens with zero attached hydrogens (tertiary/aromatic N) is 1. The summed E-state index contributed by atoms with van der Waals surface area (Å²) in [7, 11) is 2.32. The summed E-state index contributed by atoms with van der Waals surface area (Å²) in [5.74, 6) is 0. The molecule has 0 aromatic rings. The molecular formula is C31H65N. The van der Waals surface area contributed by atoms with Crippen LogP contribution in [0.1, 0.15) is 181 Å². The first-order valence-corrected chi connectivity index (χ1v) is 15.5. The van der Waals surface area contributed by atoms with Gasteiger partial charge in [0.2, 0.25) is 0 Å². The molecule has 0 saturated carbocycles.